The molecule has 9 rings (SSSR count). The SMILES string of the molecule is CC1=Cc2ccc(-c3ccc4ccccc4c3)cc2C1C(c1ccccc1)(c1ccccc1)C1c2cc(C)ccc2-c2ccc(C)cc21. The standard InChI is InChI=1S/C48H38/c1-31-18-24-41-42-25-19-32(2)27-45(42)47(44(41)26-31)48(39-14-6-4-7-15-39,40-16-8-5-9-17-40)46-33(3)28-38-23-22-37(30-43(38)46)36-21-20-34-12-10-11-13-35(34)29-36/h4-30,46-47H,1-3H3. The molecule has 0 saturated carbocycles. The number of benzene rings is 7. The molecule has 0 spiro atoms. The summed E-state index contributed by atoms with van der Waals surface area (Å²) >= 11 is 0. The van der Waals surface area contributed by atoms with Gasteiger partial charge in [0.25, 0.3) is 0 Å². The molecule has 0 bridgehead atoms. The molecule has 0 amide bonds. The molecule has 48 heavy (non-hydrogen) atoms. The third kappa shape index (κ3) is 4.29. The van der Waals surface area contributed by atoms with Crippen molar-refractivity contribution in [1.29, 1.82) is 0 Å². The fraction of sp³-hybridized carbons (Fsp3) is 0.125. The number of aryl methyl sites for hydroxylation is 2. The molecular formula is C48H38. The quantitative estimate of drug-likeness (QED) is 0.181. The van der Waals surface area contributed by atoms with E-state index in [1.807, 2.05) is 0 Å². The summed E-state index contributed by atoms with van der Waals surface area (Å²) in [5.74, 6) is 0.221. The van der Waals surface area contributed by atoms with E-state index in [0.29, 0.717) is 0 Å². The zero-order chi connectivity index (χ0) is 32.4. The first-order valence-corrected chi connectivity index (χ1v) is 17.2. The third-order valence-electron chi connectivity index (χ3n) is 11.1. The van der Waals surface area contributed by atoms with Gasteiger partial charge in [0.2, 0.25) is 0 Å². The van der Waals surface area contributed by atoms with Gasteiger partial charge >= 0.3 is 0 Å². The Labute approximate surface area is 284 Å². The van der Waals surface area contributed by atoms with Gasteiger partial charge in [-0.2, -0.15) is 0 Å². The molecule has 0 nitrogen and oxygen atoms in total. The highest BCUT2D eigenvalue weighted by molar-refractivity contribution is 5.88. The van der Waals surface area contributed by atoms with Gasteiger partial charge in [-0.3, -0.25) is 0 Å². The molecule has 2 aliphatic carbocycles. The van der Waals surface area contributed by atoms with E-state index in [9.17, 15) is 0 Å². The summed E-state index contributed by atoms with van der Waals surface area (Å²) in [7, 11) is 0. The van der Waals surface area contributed by atoms with Crippen molar-refractivity contribution in [2.75, 3.05) is 0 Å². The molecule has 7 aromatic carbocycles. The first-order chi connectivity index (χ1) is 23.5. The zero-order valence-corrected chi connectivity index (χ0v) is 27.7. The lowest BCUT2D eigenvalue weighted by Crippen LogP contribution is -2.41. The topological polar surface area (TPSA) is 0 Å². The van der Waals surface area contributed by atoms with Gasteiger partial charge < -0.3 is 0 Å². The van der Waals surface area contributed by atoms with Crippen LogP contribution in [0.2, 0.25) is 0 Å². The molecule has 0 saturated heterocycles. The van der Waals surface area contributed by atoms with E-state index in [-0.39, 0.29) is 11.8 Å². The predicted molar refractivity (Wildman–Crippen MR) is 203 cm³/mol. The van der Waals surface area contributed by atoms with Gasteiger partial charge in [-0.25, -0.2) is 0 Å². The Balaban J connectivity index is 1.37. The van der Waals surface area contributed by atoms with E-state index in [0.717, 1.165) is 0 Å². The first-order valence-electron chi connectivity index (χ1n) is 17.2. The summed E-state index contributed by atoms with van der Waals surface area (Å²) in [5, 5.41) is 2.54. The van der Waals surface area contributed by atoms with Crippen molar-refractivity contribution in [3.8, 4) is 22.3 Å². The lowest BCUT2D eigenvalue weighted by Gasteiger charge is -2.47. The zero-order valence-electron chi connectivity index (χ0n) is 27.7. The van der Waals surface area contributed by atoms with Gasteiger partial charge in [-0.1, -0.05) is 168 Å². The van der Waals surface area contributed by atoms with Crippen LogP contribution in [0.25, 0.3) is 39.1 Å². The lowest BCUT2D eigenvalue weighted by atomic mass is 9.54. The van der Waals surface area contributed by atoms with Crippen LogP contribution in [0.5, 0.6) is 0 Å². The second-order valence-corrected chi connectivity index (χ2v) is 13.9. The largest absolute Gasteiger partial charge is 0.0639 e. The first kappa shape index (κ1) is 28.7. The van der Waals surface area contributed by atoms with Crippen LogP contribution in [-0.4, -0.2) is 0 Å². The number of rotatable bonds is 5. The van der Waals surface area contributed by atoms with Crippen molar-refractivity contribution in [3.63, 3.8) is 0 Å². The molecule has 0 aliphatic heterocycles. The Kier molecular flexibility index (Phi) is 6.63. The van der Waals surface area contributed by atoms with E-state index in [2.05, 4.69) is 185 Å². The van der Waals surface area contributed by atoms with Gasteiger partial charge in [0.05, 0.1) is 0 Å². The molecule has 230 valence electrons. The van der Waals surface area contributed by atoms with E-state index < -0.39 is 5.41 Å². The molecule has 1 atom stereocenters. The highest BCUT2D eigenvalue weighted by Gasteiger charge is 2.54. The van der Waals surface area contributed by atoms with Crippen LogP contribution in [0.3, 0.4) is 0 Å². The average molecular weight is 615 g/mol. The molecule has 7 aromatic rings. The van der Waals surface area contributed by atoms with Crippen LogP contribution >= 0.6 is 0 Å². The normalized spacial score (nSPS) is 15.2. The summed E-state index contributed by atoms with van der Waals surface area (Å²) < 4.78 is 0. The Bertz CT molecular complexity index is 2280. The molecule has 0 fully saturated rings. The minimum Gasteiger partial charge on any atom is -0.0639 e. The van der Waals surface area contributed by atoms with Crippen molar-refractivity contribution in [1.82, 2.24) is 0 Å². The number of allylic oxidation sites excluding steroid dienone is 1. The Hall–Kier alpha value is -5.46. The fourth-order valence-electron chi connectivity index (χ4n) is 9.10. The second-order valence-electron chi connectivity index (χ2n) is 13.9. The summed E-state index contributed by atoms with van der Waals surface area (Å²) in [5.41, 5.74) is 17.1. The van der Waals surface area contributed by atoms with Crippen LogP contribution in [0.1, 0.15) is 63.3 Å². The van der Waals surface area contributed by atoms with Crippen LogP contribution in [0, 0.1) is 13.8 Å². The fourth-order valence-corrected chi connectivity index (χ4v) is 9.10. The van der Waals surface area contributed by atoms with Crippen LogP contribution in [0.4, 0.5) is 0 Å². The summed E-state index contributed by atoms with van der Waals surface area (Å²) in [6, 6.07) is 59.7. The highest BCUT2D eigenvalue weighted by Crippen LogP contribution is 2.64. The lowest BCUT2D eigenvalue weighted by molar-refractivity contribution is 0.405. The van der Waals surface area contributed by atoms with Gasteiger partial charge in [-0.15, -0.1) is 0 Å². The summed E-state index contributed by atoms with van der Waals surface area (Å²) in [6.07, 6.45) is 2.45. The van der Waals surface area contributed by atoms with E-state index in [1.54, 1.807) is 0 Å². The van der Waals surface area contributed by atoms with Gasteiger partial charge in [0.15, 0.2) is 0 Å². The minimum atomic E-state index is -0.419. The maximum absolute atomic E-state index is 2.50. The second kappa shape index (κ2) is 11.1. The Morgan fingerprint density at radius 1 is 0.417 bits per heavy atom. The minimum absolute atomic E-state index is 0.107. The Morgan fingerprint density at radius 2 is 0.958 bits per heavy atom. The van der Waals surface area contributed by atoms with Crippen molar-refractivity contribution in [2.45, 2.75) is 38.0 Å². The van der Waals surface area contributed by atoms with Crippen LogP contribution in [0.15, 0.2) is 163 Å². The smallest absolute Gasteiger partial charge is 0.0418 e. The number of fused-ring (bicyclic) bond motifs is 5. The van der Waals surface area contributed by atoms with E-state index >= 15 is 0 Å². The summed E-state index contributed by atoms with van der Waals surface area (Å²) in [6.45, 7) is 6.85. The van der Waals surface area contributed by atoms with Crippen molar-refractivity contribution in [3.05, 3.63) is 208 Å². The third-order valence-corrected chi connectivity index (χ3v) is 11.1. The van der Waals surface area contributed by atoms with Gasteiger partial charge in [0.1, 0.15) is 0 Å². The monoisotopic (exact) mass is 614 g/mol. The molecular weight excluding hydrogens is 577 g/mol. The van der Waals surface area contributed by atoms with E-state index in [1.165, 1.54) is 83.1 Å². The summed E-state index contributed by atoms with van der Waals surface area (Å²) in [4.78, 5) is 0. The van der Waals surface area contributed by atoms with Gasteiger partial charge in [-0.05, 0) is 99.3 Å². The number of hydrogen-bond acceptors (Lipinski definition) is 0. The highest BCUT2D eigenvalue weighted by atomic mass is 14.6. The molecule has 0 aromatic heterocycles. The molecule has 0 N–H and O–H groups in total. The molecule has 0 radical (unpaired) electrons. The molecule has 0 heteroatoms. The van der Waals surface area contributed by atoms with Crippen LogP contribution < -0.4 is 0 Å². The maximum Gasteiger partial charge on any atom is 0.0418 e. The number of hydrogen-bond donors (Lipinski definition) is 0. The average Bonchev–Trinajstić information content (AvgIpc) is 3.62. The molecule has 2 aliphatic rings. The predicted octanol–water partition coefficient (Wildman–Crippen LogP) is 12.4. The van der Waals surface area contributed by atoms with Gasteiger partial charge in [0, 0.05) is 17.3 Å². The molecule has 1 unspecified atom stereocenters. The van der Waals surface area contributed by atoms with Crippen molar-refractivity contribution >= 4 is 16.8 Å². The van der Waals surface area contributed by atoms with E-state index in [4.69, 9.17) is 0 Å². The maximum atomic E-state index is 2.50. The van der Waals surface area contributed by atoms with Crippen molar-refractivity contribution < 1.29 is 0 Å². The van der Waals surface area contributed by atoms with Crippen molar-refractivity contribution in [2.24, 2.45) is 0 Å². The Morgan fingerprint density at radius 3 is 1.58 bits per heavy atom. The van der Waals surface area contributed by atoms with Crippen LogP contribution in [-0.2, 0) is 5.41 Å². The molecule has 0 heterocycles.